The van der Waals surface area contributed by atoms with Crippen molar-refractivity contribution >= 4 is 34.7 Å². The number of nitrogens with zero attached hydrogens (tertiary/aromatic N) is 1. The fourth-order valence-corrected chi connectivity index (χ4v) is 3.03. The molecule has 2 aromatic carbocycles. The lowest BCUT2D eigenvalue weighted by molar-refractivity contribution is 0.262. The van der Waals surface area contributed by atoms with Crippen LogP contribution in [0.15, 0.2) is 42.5 Å². The molecule has 126 valence electrons. The number of nitrogens with one attached hydrogen (secondary N) is 2. The summed E-state index contributed by atoms with van der Waals surface area (Å²) in [5.41, 5.74) is 2.54. The average Bonchev–Trinajstić information content (AvgIpc) is 3.10. The molecule has 2 aromatic rings. The van der Waals surface area contributed by atoms with Crippen LogP contribution in [0.5, 0.6) is 5.75 Å². The zero-order valence-electron chi connectivity index (χ0n) is 13.5. The van der Waals surface area contributed by atoms with Crippen LogP contribution in [0.1, 0.15) is 12.8 Å². The number of ether oxygens (including phenoxy) is 1. The standard InChI is InChI=1S/C18H20ClN3O2/c1-24-17-9-6-14(12-16(17)19)21-18(23)20-13-4-7-15(8-5-13)22-10-2-3-11-22/h4-9,12H,2-3,10-11H2,1H3,(H2,20,21,23). The summed E-state index contributed by atoms with van der Waals surface area (Å²) in [6, 6.07) is 12.7. The fraction of sp³-hybridized carbons (Fsp3) is 0.278. The van der Waals surface area contributed by atoms with Crippen molar-refractivity contribution in [2.75, 3.05) is 35.7 Å². The van der Waals surface area contributed by atoms with Crippen molar-refractivity contribution < 1.29 is 9.53 Å². The van der Waals surface area contributed by atoms with Crippen LogP contribution in [0.25, 0.3) is 0 Å². The van der Waals surface area contributed by atoms with Crippen molar-refractivity contribution in [3.8, 4) is 5.75 Å². The number of halogens is 1. The Morgan fingerprint density at radius 2 is 1.67 bits per heavy atom. The summed E-state index contributed by atoms with van der Waals surface area (Å²) in [6.45, 7) is 2.21. The second-order valence-electron chi connectivity index (χ2n) is 5.67. The first-order valence-corrected chi connectivity index (χ1v) is 8.30. The molecule has 0 radical (unpaired) electrons. The number of methoxy groups -OCH3 is 1. The SMILES string of the molecule is COc1ccc(NC(=O)Nc2ccc(N3CCCC3)cc2)cc1Cl. The Morgan fingerprint density at radius 1 is 1.04 bits per heavy atom. The van der Waals surface area contributed by atoms with Crippen LogP contribution >= 0.6 is 11.6 Å². The smallest absolute Gasteiger partial charge is 0.323 e. The van der Waals surface area contributed by atoms with Gasteiger partial charge in [0, 0.05) is 30.2 Å². The van der Waals surface area contributed by atoms with Gasteiger partial charge in [0.1, 0.15) is 5.75 Å². The average molecular weight is 346 g/mol. The highest BCUT2D eigenvalue weighted by Gasteiger charge is 2.12. The van der Waals surface area contributed by atoms with Gasteiger partial charge >= 0.3 is 6.03 Å². The van der Waals surface area contributed by atoms with Gasteiger partial charge < -0.3 is 20.3 Å². The summed E-state index contributed by atoms with van der Waals surface area (Å²) in [5.74, 6) is 0.570. The second kappa shape index (κ2) is 7.45. The van der Waals surface area contributed by atoms with E-state index >= 15 is 0 Å². The van der Waals surface area contributed by atoms with E-state index in [1.165, 1.54) is 18.5 Å². The Bertz CT molecular complexity index is 713. The first-order valence-electron chi connectivity index (χ1n) is 7.92. The minimum atomic E-state index is -0.315. The molecule has 1 aliphatic heterocycles. The first-order chi connectivity index (χ1) is 11.7. The van der Waals surface area contributed by atoms with Crippen molar-refractivity contribution in [1.82, 2.24) is 0 Å². The highest BCUT2D eigenvalue weighted by atomic mass is 35.5. The summed E-state index contributed by atoms with van der Waals surface area (Å²) in [4.78, 5) is 14.4. The molecule has 5 nitrogen and oxygen atoms in total. The van der Waals surface area contributed by atoms with Gasteiger partial charge in [-0.3, -0.25) is 0 Å². The van der Waals surface area contributed by atoms with E-state index in [-0.39, 0.29) is 6.03 Å². The normalized spacial score (nSPS) is 13.7. The maximum Gasteiger partial charge on any atom is 0.323 e. The zero-order valence-corrected chi connectivity index (χ0v) is 14.3. The predicted octanol–water partition coefficient (Wildman–Crippen LogP) is 4.59. The summed E-state index contributed by atoms with van der Waals surface area (Å²) < 4.78 is 5.09. The second-order valence-corrected chi connectivity index (χ2v) is 6.08. The van der Waals surface area contributed by atoms with Gasteiger partial charge in [-0.05, 0) is 55.3 Å². The van der Waals surface area contributed by atoms with E-state index < -0.39 is 0 Å². The molecule has 0 aliphatic carbocycles. The lowest BCUT2D eigenvalue weighted by atomic mass is 10.2. The van der Waals surface area contributed by atoms with Crippen LogP contribution in [-0.2, 0) is 0 Å². The van der Waals surface area contributed by atoms with Crippen molar-refractivity contribution in [3.63, 3.8) is 0 Å². The molecular formula is C18H20ClN3O2. The topological polar surface area (TPSA) is 53.6 Å². The van der Waals surface area contributed by atoms with Crippen LogP contribution in [0.4, 0.5) is 21.9 Å². The monoisotopic (exact) mass is 345 g/mol. The van der Waals surface area contributed by atoms with Crippen LogP contribution < -0.4 is 20.3 Å². The molecule has 2 N–H and O–H groups in total. The molecular weight excluding hydrogens is 326 g/mol. The van der Waals surface area contributed by atoms with Crippen LogP contribution in [0.2, 0.25) is 5.02 Å². The van der Waals surface area contributed by atoms with Gasteiger partial charge in [0.25, 0.3) is 0 Å². The molecule has 0 aromatic heterocycles. The van der Waals surface area contributed by atoms with Gasteiger partial charge in [0.15, 0.2) is 0 Å². The van der Waals surface area contributed by atoms with E-state index in [0.717, 1.165) is 18.8 Å². The Hall–Kier alpha value is -2.40. The van der Waals surface area contributed by atoms with Gasteiger partial charge in [-0.15, -0.1) is 0 Å². The predicted molar refractivity (Wildman–Crippen MR) is 98.5 cm³/mol. The number of benzene rings is 2. The van der Waals surface area contributed by atoms with Gasteiger partial charge in [-0.2, -0.15) is 0 Å². The molecule has 2 amide bonds. The number of carbonyl (C=O) groups excluding carboxylic acids is 1. The number of hydrogen-bond donors (Lipinski definition) is 2. The summed E-state index contributed by atoms with van der Waals surface area (Å²) >= 11 is 6.05. The third-order valence-corrected chi connectivity index (χ3v) is 4.30. The largest absolute Gasteiger partial charge is 0.495 e. The molecule has 3 rings (SSSR count). The summed E-state index contributed by atoms with van der Waals surface area (Å²) in [6.07, 6.45) is 2.49. The van der Waals surface area contributed by atoms with Gasteiger partial charge in [0.05, 0.1) is 12.1 Å². The van der Waals surface area contributed by atoms with E-state index in [1.807, 2.05) is 24.3 Å². The van der Waals surface area contributed by atoms with Crippen molar-refractivity contribution in [2.45, 2.75) is 12.8 Å². The highest BCUT2D eigenvalue weighted by molar-refractivity contribution is 6.32. The first kappa shape index (κ1) is 16.5. The van der Waals surface area contributed by atoms with E-state index in [9.17, 15) is 4.79 Å². The van der Waals surface area contributed by atoms with Gasteiger partial charge in [0.2, 0.25) is 0 Å². The van der Waals surface area contributed by atoms with E-state index in [0.29, 0.717) is 16.5 Å². The summed E-state index contributed by atoms with van der Waals surface area (Å²) in [7, 11) is 1.55. The molecule has 0 atom stereocenters. The molecule has 1 heterocycles. The molecule has 1 aliphatic rings. The molecule has 0 saturated carbocycles. The molecule has 0 unspecified atom stereocenters. The lowest BCUT2D eigenvalue weighted by Gasteiger charge is -2.17. The number of amides is 2. The number of urea groups is 1. The maximum atomic E-state index is 12.1. The number of hydrogen-bond acceptors (Lipinski definition) is 3. The molecule has 0 bridgehead atoms. The molecule has 6 heteroatoms. The summed E-state index contributed by atoms with van der Waals surface area (Å²) in [5, 5.41) is 6.01. The minimum absolute atomic E-state index is 0.315. The van der Waals surface area contributed by atoms with Crippen molar-refractivity contribution in [2.24, 2.45) is 0 Å². The Kier molecular flexibility index (Phi) is 5.11. The van der Waals surface area contributed by atoms with E-state index in [1.54, 1.807) is 25.3 Å². The van der Waals surface area contributed by atoms with Crippen molar-refractivity contribution in [1.29, 1.82) is 0 Å². The molecule has 1 fully saturated rings. The quantitative estimate of drug-likeness (QED) is 0.852. The third kappa shape index (κ3) is 3.92. The highest BCUT2D eigenvalue weighted by Crippen LogP contribution is 2.27. The number of rotatable bonds is 4. The van der Waals surface area contributed by atoms with Crippen LogP contribution in [0, 0.1) is 0 Å². The fourth-order valence-electron chi connectivity index (χ4n) is 2.77. The van der Waals surface area contributed by atoms with E-state index in [2.05, 4.69) is 15.5 Å². The van der Waals surface area contributed by atoms with Gasteiger partial charge in [-0.1, -0.05) is 11.6 Å². The van der Waals surface area contributed by atoms with Crippen LogP contribution in [-0.4, -0.2) is 26.2 Å². The zero-order chi connectivity index (χ0) is 16.9. The third-order valence-electron chi connectivity index (χ3n) is 4.01. The molecule has 24 heavy (non-hydrogen) atoms. The minimum Gasteiger partial charge on any atom is -0.495 e. The lowest BCUT2D eigenvalue weighted by Crippen LogP contribution is -2.20. The van der Waals surface area contributed by atoms with Crippen molar-refractivity contribution in [3.05, 3.63) is 47.5 Å². The Morgan fingerprint density at radius 3 is 2.29 bits per heavy atom. The number of carbonyl (C=O) groups is 1. The molecule has 1 saturated heterocycles. The van der Waals surface area contributed by atoms with Crippen LogP contribution in [0.3, 0.4) is 0 Å². The number of anilines is 3. The van der Waals surface area contributed by atoms with E-state index in [4.69, 9.17) is 16.3 Å². The Labute approximate surface area is 146 Å². The maximum absolute atomic E-state index is 12.1. The van der Waals surface area contributed by atoms with Gasteiger partial charge in [-0.25, -0.2) is 4.79 Å². The molecule has 0 spiro atoms. The Balaban J connectivity index is 1.59.